The van der Waals surface area contributed by atoms with Gasteiger partial charge in [0, 0.05) is 0 Å². The molecule has 1 heterocycles. The molecule has 11 heavy (non-hydrogen) atoms. The zero-order valence-electron chi connectivity index (χ0n) is 6.79. The van der Waals surface area contributed by atoms with Crippen LogP contribution in [0.25, 0.3) is 12.2 Å². The Bertz CT molecular complexity index is 280. The van der Waals surface area contributed by atoms with Gasteiger partial charge in [0.2, 0.25) is 0 Å². The molecule has 1 aromatic rings. The Balaban J connectivity index is 3.03. The first-order chi connectivity index (χ1) is 5.24. The summed E-state index contributed by atoms with van der Waals surface area (Å²) in [6.45, 7) is 7.64. The van der Waals surface area contributed by atoms with E-state index in [0.717, 1.165) is 11.5 Å². The van der Waals surface area contributed by atoms with Crippen molar-refractivity contribution in [2.24, 2.45) is 0 Å². The monoisotopic (exact) mass is 149 g/mol. The molecule has 0 N–H and O–H groups in total. The normalized spacial score (nSPS) is 9.27. The molecule has 1 aromatic heterocycles. The summed E-state index contributed by atoms with van der Waals surface area (Å²) in [4.78, 5) is 3.96. The number of allylic oxidation sites excluding steroid dienone is 1. The van der Waals surface area contributed by atoms with Crippen molar-refractivity contribution in [3.8, 4) is 0 Å². The van der Waals surface area contributed by atoms with Crippen molar-refractivity contribution in [2.75, 3.05) is 0 Å². The van der Waals surface area contributed by atoms with Crippen molar-refractivity contribution >= 4 is 12.2 Å². The molecule has 2 nitrogen and oxygen atoms in total. The Hall–Kier alpha value is -1.31. The van der Waals surface area contributed by atoms with E-state index in [2.05, 4.69) is 11.6 Å². The van der Waals surface area contributed by atoms with Gasteiger partial charge in [-0.05, 0) is 26.0 Å². The van der Waals surface area contributed by atoms with Crippen LogP contribution in [-0.4, -0.2) is 4.98 Å². The average molecular weight is 149 g/mol. The fourth-order valence-electron chi connectivity index (χ4n) is 0.787. The second-order valence-corrected chi connectivity index (χ2v) is 2.53. The van der Waals surface area contributed by atoms with E-state index in [-0.39, 0.29) is 0 Å². The van der Waals surface area contributed by atoms with Gasteiger partial charge in [-0.25, -0.2) is 4.98 Å². The molecule has 0 unspecified atom stereocenters. The van der Waals surface area contributed by atoms with Crippen LogP contribution >= 0.6 is 0 Å². The smallest absolute Gasteiger partial charge is 0.181 e. The summed E-state index contributed by atoms with van der Waals surface area (Å²) in [6, 6.07) is 0. The molecule has 0 aliphatic rings. The topological polar surface area (TPSA) is 26.0 Å². The van der Waals surface area contributed by atoms with Crippen molar-refractivity contribution in [3.05, 3.63) is 30.0 Å². The SMILES string of the molecule is C=Cc1ncoc1C=C(C)C. The summed E-state index contributed by atoms with van der Waals surface area (Å²) in [6.07, 6.45) is 5.04. The lowest BCUT2D eigenvalue weighted by Crippen LogP contribution is -1.74. The van der Waals surface area contributed by atoms with Gasteiger partial charge in [-0.2, -0.15) is 0 Å². The van der Waals surface area contributed by atoms with Crippen LogP contribution in [0.4, 0.5) is 0 Å². The van der Waals surface area contributed by atoms with Crippen molar-refractivity contribution in [3.63, 3.8) is 0 Å². The summed E-state index contributed by atoms with van der Waals surface area (Å²) in [5.74, 6) is 0.778. The van der Waals surface area contributed by atoms with E-state index in [9.17, 15) is 0 Å². The van der Waals surface area contributed by atoms with E-state index in [1.165, 1.54) is 12.0 Å². The van der Waals surface area contributed by atoms with Crippen LogP contribution in [0.1, 0.15) is 25.3 Å². The van der Waals surface area contributed by atoms with Gasteiger partial charge in [0.15, 0.2) is 12.2 Å². The lowest BCUT2D eigenvalue weighted by molar-refractivity contribution is 0.547. The fourth-order valence-corrected chi connectivity index (χ4v) is 0.787. The van der Waals surface area contributed by atoms with Crippen LogP contribution < -0.4 is 0 Å². The van der Waals surface area contributed by atoms with Crippen LogP contribution in [0.15, 0.2) is 23.0 Å². The largest absolute Gasteiger partial charge is 0.443 e. The number of hydrogen-bond donors (Lipinski definition) is 0. The van der Waals surface area contributed by atoms with Crippen LogP contribution in [0.2, 0.25) is 0 Å². The highest BCUT2D eigenvalue weighted by Gasteiger charge is 1.99. The minimum atomic E-state index is 0.778. The zero-order valence-corrected chi connectivity index (χ0v) is 6.79. The first kappa shape index (κ1) is 7.79. The molecule has 0 fully saturated rings. The van der Waals surface area contributed by atoms with Gasteiger partial charge in [0.05, 0.1) is 0 Å². The summed E-state index contributed by atoms with van der Waals surface area (Å²) in [5, 5.41) is 0. The molecule has 0 bridgehead atoms. The lowest BCUT2D eigenvalue weighted by atomic mass is 10.2. The molecule has 0 amide bonds. The minimum absolute atomic E-state index is 0.778. The maximum atomic E-state index is 5.11. The van der Waals surface area contributed by atoms with E-state index in [4.69, 9.17) is 4.42 Å². The van der Waals surface area contributed by atoms with Crippen molar-refractivity contribution in [1.29, 1.82) is 0 Å². The van der Waals surface area contributed by atoms with Gasteiger partial charge in [-0.1, -0.05) is 12.2 Å². The highest BCUT2D eigenvalue weighted by molar-refractivity contribution is 5.57. The molecule has 0 atom stereocenters. The van der Waals surface area contributed by atoms with Gasteiger partial charge in [-0.3, -0.25) is 0 Å². The predicted molar refractivity (Wildman–Crippen MR) is 45.9 cm³/mol. The first-order valence-corrected chi connectivity index (χ1v) is 3.45. The van der Waals surface area contributed by atoms with Crippen molar-refractivity contribution in [2.45, 2.75) is 13.8 Å². The third kappa shape index (κ3) is 1.80. The van der Waals surface area contributed by atoms with E-state index >= 15 is 0 Å². The molecule has 0 aliphatic carbocycles. The molecule has 0 radical (unpaired) electrons. The second-order valence-electron chi connectivity index (χ2n) is 2.53. The number of aromatic nitrogens is 1. The summed E-state index contributed by atoms with van der Waals surface area (Å²) >= 11 is 0. The molecule has 2 heteroatoms. The Labute approximate surface area is 66.3 Å². The minimum Gasteiger partial charge on any atom is -0.443 e. The van der Waals surface area contributed by atoms with Crippen LogP contribution in [0.3, 0.4) is 0 Å². The zero-order chi connectivity index (χ0) is 8.27. The second kappa shape index (κ2) is 3.19. The number of oxazole rings is 1. The van der Waals surface area contributed by atoms with Crippen molar-refractivity contribution in [1.82, 2.24) is 4.98 Å². The average Bonchev–Trinajstić information content (AvgIpc) is 2.34. The Kier molecular flexibility index (Phi) is 2.26. The van der Waals surface area contributed by atoms with Crippen LogP contribution in [-0.2, 0) is 0 Å². The third-order valence-electron chi connectivity index (χ3n) is 1.24. The number of rotatable bonds is 2. The van der Waals surface area contributed by atoms with Crippen molar-refractivity contribution < 1.29 is 4.42 Å². The quantitative estimate of drug-likeness (QED) is 0.646. The van der Waals surface area contributed by atoms with Gasteiger partial charge in [0.1, 0.15) is 5.69 Å². The summed E-state index contributed by atoms with van der Waals surface area (Å²) in [5.41, 5.74) is 1.98. The fraction of sp³-hybridized carbons (Fsp3) is 0.222. The molecular weight excluding hydrogens is 138 g/mol. The van der Waals surface area contributed by atoms with Crippen LogP contribution in [0, 0.1) is 0 Å². The molecule has 0 saturated carbocycles. The molecule has 1 rings (SSSR count). The number of hydrogen-bond acceptors (Lipinski definition) is 2. The Morgan fingerprint density at radius 3 is 2.91 bits per heavy atom. The van der Waals surface area contributed by atoms with Gasteiger partial charge in [0.25, 0.3) is 0 Å². The van der Waals surface area contributed by atoms with Crippen LogP contribution in [0.5, 0.6) is 0 Å². The maximum Gasteiger partial charge on any atom is 0.181 e. The predicted octanol–water partition coefficient (Wildman–Crippen LogP) is 2.74. The summed E-state index contributed by atoms with van der Waals surface area (Å²) in [7, 11) is 0. The lowest BCUT2D eigenvalue weighted by Gasteiger charge is -1.88. The number of nitrogens with zero attached hydrogens (tertiary/aromatic N) is 1. The molecular formula is C9H11NO. The molecule has 0 aliphatic heterocycles. The molecule has 0 saturated heterocycles. The highest BCUT2D eigenvalue weighted by atomic mass is 16.3. The third-order valence-corrected chi connectivity index (χ3v) is 1.24. The van der Waals surface area contributed by atoms with Gasteiger partial charge in [-0.15, -0.1) is 0 Å². The summed E-state index contributed by atoms with van der Waals surface area (Å²) < 4.78 is 5.11. The highest BCUT2D eigenvalue weighted by Crippen LogP contribution is 2.11. The molecule has 58 valence electrons. The Morgan fingerprint density at radius 2 is 2.36 bits per heavy atom. The Morgan fingerprint density at radius 1 is 1.64 bits per heavy atom. The first-order valence-electron chi connectivity index (χ1n) is 3.45. The van der Waals surface area contributed by atoms with E-state index < -0.39 is 0 Å². The molecule has 0 spiro atoms. The van der Waals surface area contributed by atoms with Gasteiger partial charge < -0.3 is 4.42 Å². The van der Waals surface area contributed by atoms with E-state index in [0.29, 0.717) is 0 Å². The van der Waals surface area contributed by atoms with Gasteiger partial charge >= 0.3 is 0 Å². The molecule has 0 aromatic carbocycles. The van der Waals surface area contributed by atoms with E-state index in [1.54, 1.807) is 6.08 Å². The maximum absolute atomic E-state index is 5.11. The standard InChI is InChI=1S/C9H11NO/c1-4-8-9(5-7(2)3)11-6-10-8/h4-6H,1H2,2-3H3. The van der Waals surface area contributed by atoms with E-state index in [1.807, 2.05) is 19.9 Å².